The zero-order valence-electron chi connectivity index (χ0n) is 15.3. The third-order valence-electron chi connectivity index (χ3n) is 4.87. The summed E-state index contributed by atoms with van der Waals surface area (Å²) >= 11 is 1.81. The zero-order valence-corrected chi connectivity index (χ0v) is 16.1. The Hall–Kier alpha value is -1.36. The number of carbonyl (C=O) groups is 1. The maximum absolute atomic E-state index is 12.4. The average molecular weight is 364 g/mol. The summed E-state index contributed by atoms with van der Waals surface area (Å²) in [6.07, 6.45) is 6.03. The van der Waals surface area contributed by atoms with Crippen LogP contribution in [0, 0.1) is 5.92 Å². The van der Waals surface area contributed by atoms with Crippen molar-refractivity contribution in [1.29, 1.82) is 0 Å². The van der Waals surface area contributed by atoms with Crippen LogP contribution in [0.2, 0.25) is 0 Å². The van der Waals surface area contributed by atoms with Gasteiger partial charge in [-0.2, -0.15) is 0 Å². The molecule has 0 saturated heterocycles. The molecule has 0 unspecified atom stereocenters. The second-order valence-corrected chi connectivity index (χ2v) is 8.55. The molecule has 5 heteroatoms. The number of benzene rings is 1. The van der Waals surface area contributed by atoms with Crippen LogP contribution in [0.15, 0.2) is 18.2 Å². The van der Waals surface area contributed by atoms with E-state index in [1.807, 2.05) is 30.0 Å². The summed E-state index contributed by atoms with van der Waals surface area (Å²) in [6, 6.07) is 6.03. The van der Waals surface area contributed by atoms with Crippen molar-refractivity contribution in [3.05, 3.63) is 23.8 Å². The van der Waals surface area contributed by atoms with Gasteiger partial charge in [-0.1, -0.05) is 32.8 Å². The number of fused-ring (bicyclic) bond motifs is 1. The van der Waals surface area contributed by atoms with E-state index >= 15 is 0 Å². The van der Waals surface area contributed by atoms with Crippen molar-refractivity contribution in [3.8, 4) is 11.5 Å². The van der Waals surface area contributed by atoms with Crippen LogP contribution >= 0.6 is 11.8 Å². The fourth-order valence-corrected chi connectivity index (χ4v) is 4.61. The molecule has 1 aromatic rings. The van der Waals surface area contributed by atoms with Crippen molar-refractivity contribution < 1.29 is 14.3 Å². The molecule has 3 rings (SSSR count). The fraction of sp³-hybridized carbons (Fsp3) is 0.650. The van der Waals surface area contributed by atoms with Gasteiger partial charge in [0.15, 0.2) is 11.5 Å². The Bertz CT molecular complexity index is 584. The van der Waals surface area contributed by atoms with Crippen molar-refractivity contribution in [1.82, 2.24) is 5.32 Å². The van der Waals surface area contributed by atoms with Gasteiger partial charge < -0.3 is 14.8 Å². The highest BCUT2D eigenvalue weighted by Gasteiger charge is 2.22. The summed E-state index contributed by atoms with van der Waals surface area (Å²) in [5.74, 6) is 2.58. The molecule has 0 spiro atoms. The van der Waals surface area contributed by atoms with Crippen molar-refractivity contribution in [2.45, 2.75) is 57.2 Å². The number of thioether (sulfide) groups is 1. The standard InChI is InChI=1S/C20H29NO3S/c1-14(2)20(21-19(22)13-25-16-6-3-4-7-16)15-8-9-17-18(12-15)24-11-5-10-23-17/h8-9,12,14,16,20H,3-7,10-11,13H2,1-2H3,(H,21,22)/t20-/m1/s1. The number of rotatable bonds is 6. The van der Waals surface area contributed by atoms with Crippen LogP contribution in [-0.2, 0) is 4.79 Å². The molecule has 0 radical (unpaired) electrons. The van der Waals surface area contributed by atoms with Crippen LogP contribution in [0.1, 0.15) is 57.6 Å². The summed E-state index contributed by atoms with van der Waals surface area (Å²) in [7, 11) is 0. The van der Waals surface area contributed by atoms with Crippen LogP contribution in [-0.4, -0.2) is 30.1 Å². The molecule has 2 aliphatic rings. The van der Waals surface area contributed by atoms with Crippen LogP contribution < -0.4 is 14.8 Å². The number of nitrogens with one attached hydrogen (secondary N) is 1. The van der Waals surface area contributed by atoms with Gasteiger partial charge in [0, 0.05) is 11.7 Å². The number of amides is 1. The maximum Gasteiger partial charge on any atom is 0.230 e. The van der Waals surface area contributed by atoms with Gasteiger partial charge in [0.2, 0.25) is 5.91 Å². The maximum atomic E-state index is 12.4. The predicted molar refractivity (Wildman–Crippen MR) is 102 cm³/mol. The molecule has 1 aromatic carbocycles. The highest BCUT2D eigenvalue weighted by molar-refractivity contribution is 8.00. The van der Waals surface area contributed by atoms with E-state index in [2.05, 4.69) is 19.2 Å². The molecule has 1 aliphatic carbocycles. The van der Waals surface area contributed by atoms with Gasteiger partial charge in [0.25, 0.3) is 0 Å². The zero-order chi connectivity index (χ0) is 17.6. The monoisotopic (exact) mass is 363 g/mol. The highest BCUT2D eigenvalue weighted by atomic mass is 32.2. The van der Waals surface area contributed by atoms with Crippen LogP contribution in [0.25, 0.3) is 0 Å². The molecule has 1 heterocycles. The molecule has 4 nitrogen and oxygen atoms in total. The van der Waals surface area contributed by atoms with E-state index in [4.69, 9.17) is 9.47 Å². The Balaban J connectivity index is 1.64. The van der Waals surface area contributed by atoms with Crippen molar-refractivity contribution in [2.24, 2.45) is 5.92 Å². The lowest BCUT2D eigenvalue weighted by Crippen LogP contribution is -2.33. The first-order valence-electron chi connectivity index (χ1n) is 9.44. The molecular formula is C20H29NO3S. The van der Waals surface area contributed by atoms with E-state index in [1.165, 1.54) is 25.7 Å². The number of hydrogen-bond acceptors (Lipinski definition) is 4. The molecule has 1 saturated carbocycles. The highest BCUT2D eigenvalue weighted by Crippen LogP contribution is 2.34. The average Bonchev–Trinajstić information content (AvgIpc) is 3.01. The minimum Gasteiger partial charge on any atom is -0.490 e. The Morgan fingerprint density at radius 2 is 1.88 bits per heavy atom. The molecule has 1 aliphatic heterocycles. The molecule has 0 bridgehead atoms. The number of ether oxygens (including phenoxy) is 2. The van der Waals surface area contributed by atoms with Crippen molar-refractivity contribution >= 4 is 17.7 Å². The van der Waals surface area contributed by atoms with Gasteiger partial charge in [-0.15, -0.1) is 11.8 Å². The van der Waals surface area contributed by atoms with E-state index in [9.17, 15) is 4.79 Å². The second kappa shape index (κ2) is 8.84. The number of carbonyl (C=O) groups excluding carboxylic acids is 1. The smallest absolute Gasteiger partial charge is 0.230 e. The van der Waals surface area contributed by atoms with E-state index in [-0.39, 0.29) is 11.9 Å². The van der Waals surface area contributed by atoms with Gasteiger partial charge in [-0.05, 0) is 36.5 Å². The quantitative estimate of drug-likeness (QED) is 0.817. The first kappa shape index (κ1) is 18.4. The van der Waals surface area contributed by atoms with Gasteiger partial charge in [0.05, 0.1) is 25.0 Å². The first-order valence-corrected chi connectivity index (χ1v) is 10.5. The first-order chi connectivity index (χ1) is 12.1. The Morgan fingerprint density at radius 1 is 1.16 bits per heavy atom. The van der Waals surface area contributed by atoms with Crippen LogP contribution in [0.5, 0.6) is 11.5 Å². The van der Waals surface area contributed by atoms with Crippen LogP contribution in [0.4, 0.5) is 0 Å². The normalized spacial score (nSPS) is 18.8. The number of hydrogen-bond donors (Lipinski definition) is 1. The lowest BCUT2D eigenvalue weighted by atomic mass is 9.95. The van der Waals surface area contributed by atoms with E-state index in [1.54, 1.807) is 0 Å². The van der Waals surface area contributed by atoms with Crippen LogP contribution in [0.3, 0.4) is 0 Å². The lowest BCUT2D eigenvalue weighted by Gasteiger charge is -2.24. The summed E-state index contributed by atoms with van der Waals surface area (Å²) < 4.78 is 11.5. The molecule has 1 N–H and O–H groups in total. The Labute approximate surface area is 155 Å². The molecule has 1 fully saturated rings. The molecule has 25 heavy (non-hydrogen) atoms. The Morgan fingerprint density at radius 3 is 2.60 bits per heavy atom. The summed E-state index contributed by atoms with van der Waals surface area (Å²) in [4.78, 5) is 12.4. The summed E-state index contributed by atoms with van der Waals surface area (Å²) in [5.41, 5.74) is 1.08. The minimum absolute atomic E-state index is 0.00571. The van der Waals surface area contributed by atoms with E-state index in [0.717, 1.165) is 23.5 Å². The Kier molecular flexibility index (Phi) is 6.51. The van der Waals surface area contributed by atoms with Gasteiger partial charge in [-0.3, -0.25) is 4.79 Å². The molecule has 0 aromatic heterocycles. The van der Waals surface area contributed by atoms with Gasteiger partial charge in [-0.25, -0.2) is 0 Å². The summed E-state index contributed by atoms with van der Waals surface area (Å²) in [6.45, 7) is 5.64. The predicted octanol–water partition coefficient (Wildman–Crippen LogP) is 4.34. The molecule has 138 valence electrons. The topological polar surface area (TPSA) is 47.6 Å². The minimum atomic E-state index is -0.00571. The van der Waals surface area contributed by atoms with E-state index in [0.29, 0.717) is 30.1 Å². The van der Waals surface area contributed by atoms with Crippen molar-refractivity contribution in [2.75, 3.05) is 19.0 Å². The summed E-state index contributed by atoms with van der Waals surface area (Å²) in [5, 5.41) is 3.89. The second-order valence-electron chi connectivity index (χ2n) is 7.26. The molecule has 1 amide bonds. The van der Waals surface area contributed by atoms with E-state index < -0.39 is 0 Å². The third kappa shape index (κ3) is 5.06. The van der Waals surface area contributed by atoms with Crippen molar-refractivity contribution in [3.63, 3.8) is 0 Å². The fourth-order valence-electron chi connectivity index (χ4n) is 3.47. The molecular weight excluding hydrogens is 334 g/mol. The van der Waals surface area contributed by atoms with Gasteiger partial charge >= 0.3 is 0 Å². The third-order valence-corrected chi connectivity index (χ3v) is 6.24. The van der Waals surface area contributed by atoms with Gasteiger partial charge in [0.1, 0.15) is 0 Å². The molecule has 1 atom stereocenters. The largest absolute Gasteiger partial charge is 0.490 e. The SMILES string of the molecule is CC(C)[C@@H](NC(=O)CSC1CCCC1)c1ccc2c(c1)OCCCO2. The lowest BCUT2D eigenvalue weighted by molar-refractivity contribution is -0.119.